The van der Waals surface area contributed by atoms with Gasteiger partial charge < -0.3 is 19.4 Å². The van der Waals surface area contributed by atoms with E-state index in [1.54, 1.807) is 25.4 Å². The van der Waals surface area contributed by atoms with Crippen LogP contribution in [0.2, 0.25) is 10.0 Å². The van der Waals surface area contributed by atoms with E-state index in [1.165, 1.54) is 0 Å². The standard InChI is InChI=1S/C22H25Cl2N3O2/c1-16(13-27-8-7-25-15-27)11-26-12-17-3-6-21(22(9-17)28-2)29-14-18-4-5-19(23)10-20(18)24/h3-10,15-16,26H,11-14H2,1-2H3. The number of rotatable bonds is 10. The molecule has 0 amide bonds. The van der Waals surface area contributed by atoms with Crippen molar-refractivity contribution < 1.29 is 9.47 Å². The van der Waals surface area contributed by atoms with Crippen LogP contribution < -0.4 is 14.8 Å². The summed E-state index contributed by atoms with van der Waals surface area (Å²) in [6.07, 6.45) is 5.63. The molecular weight excluding hydrogens is 409 g/mol. The average Bonchev–Trinajstić information content (AvgIpc) is 3.20. The van der Waals surface area contributed by atoms with Gasteiger partial charge in [0.15, 0.2) is 11.5 Å². The molecule has 0 bridgehead atoms. The van der Waals surface area contributed by atoms with Gasteiger partial charge in [0.05, 0.1) is 13.4 Å². The first-order chi connectivity index (χ1) is 14.0. The summed E-state index contributed by atoms with van der Waals surface area (Å²) in [4.78, 5) is 4.08. The molecule has 0 spiro atoms. The van der Waals surface area contributed by atoms with Gasteiger partial charge in [0, 0.05) is 41.1 Å². The van der Waals surface area contributed by atoms with Gasteiger partial charge in [0.1, 0.15) is 6.61 Å². The Hall–Kier alpha value is -2.21. The van der Waals surface area contributed by atoms with Crippen molar-refractivity contribution in [1.82, 2.24) is 14.9 Å². The minimum Gasteiger partial charge on any atom is -0.493 e. The lowest BCUT2D eigenvalue weighted by Crippen LogP contribution is -2.23. The summed E-state index contributed by atoms with van der Waals surface area (Å²) in [5, 5.41) is 4.68. The topological polar surface area (TPSA) is 48.3 Å². The largest absolute Gasteiger partial charge is 0.493 e. The van der Waals surface area contributed by atoms with E-state index in [-0.39, 0.29) is 0 Å². The van der Waals surface area contributed by atoms with Crippen LogP contribution in [0.15, 0.2) is 55.1 Å². The van der Waals surface area contributed by atoms with Crippen LogP contribution in [0.5, 0.6) is 11.5 Å². The Bertz CT molecular complexity index is 916. The maximum absolute atomic E-state index is 6.21. The van der Waals surface area contributed by atoms with Crippen molar-refractivity contribution in [2.45, 2.75) is 26.6 Å². The van der Waals surface area contributed by atoms with Gasteiger partial charge >= 0.3 is 0 Å². The van der Waals surface area contributed by atoms with Gasteiger partial charge in [-0.15, -0.1) is 0 Å². The number of aromatic nitrogens is 2. The minimum absolute atomic E-state index is 0.343. The highest BCUT2D eigenvalue weighted by Gasteiger charge is 2.09. The normalized spacial score (nSPS) is 12.0. The number of halogens is 2. The molecular formula is C22H25Cl2N3O2. The number of ether oxygens (including phenoxy) is 2. The van der Waals surface area contributed by atoms with E-state index >= 15 is 0 Å². The Kier molecular flexibility index (Phi) is 7.81. The van der Waals surface area contributed by atoms with Crippen molar-refractivity contribution in [2.24, 2.45) is 5.92 Å². The van der Waals surface area contributed by atoms with E-state index in [0.717, 1.165) is 30.8 Å². The minimum atomic E-state index is 0.343. The number of benzene rings is 2. The van der Waals surface area contributed by atoms with Crippen molar-refractivity contribution in [2.75, 3.05) is 13.7 Å². The molecule has 5 nitrogen and oxygen atoms in total. The third kappa shape index (κ3) is 6.39. The van der Waals surface area contributed by atoms with Crippen LogP contribution in [-0.4, -0.2) is 23.2 Å². The van der Waals surface area contributed by atoms with E-state index in [4.69, 9.17) is 32.7 Å². The monoisotopic (exact) mass is 433 g/mol. The molecule has 154 valence electrons. The molecule has 3 rings (SSSR count). The van der Waals surface area contributed by atoms with Gasteiger partial charge in [-0.25, -0.2) is 4.98 Å². The second kappa shape index (κ2) is 10.5. The number of nitrogens with zero attached hydrogens (tertiary/aromatic N) is 2. The van der Waals surface area contributed by atoms with Gasteiger partial charge in [-0.2, -0.15) is 0 Å². The van der Waals surface area contributed by atoms with Crippen LogP contribution in [0.1, 0.15) is 18.1 Å². The molecule has 0 radical (unpaired) electrons. The van der Waals surface area contributed by atoms with E-state index < -0.39 is 0 Å². The fraction of sp³-hybridized carbons (Fsp3) is 0.318. The molecule has 1 unspecified atom stereocenters. The van der Waals surface area contributed by atoms with Crippen molar-refractivity contribution in [1.29, 1.82) is 0 Å². The molecule has 1 N–H and O–H groups in total. The third-order valence-corrected chi connectivity index (χ3v) is 5.12. The summed E-state index contributed by atoms with van der Waals surface area (Å²) < 4.78 is 13.5. The fourth-order valence-electron chi connectivity index (χ4n) is 3.02. The molecule has 1 heterocycles. The Balaban J connectivity index is 1.52. The highest BCUT2D eigenvalue weighted by Crippen LogP contribution is 2.30. The Morgan fingerprint density at radius 3 is 2.72 bits per heavy atom. The molecule has 0 aliphatic rings. The number of hydrogen-bond acceptors (Lipinski definition) is 4. The lowest BCUT2D eigenvalue weighted by atomic mass is 10.1. The molecule has 0 aliphatic carbocycles. The molecule has 0 aliphatic heterocycles. The quantitative estimate of drug-likeness (QED) is 0.476. The Morgan fingerprint density at radius 1 is 1.14 bits per heavy atom. The Labute approximate surface area is 181 Å². The summed E-state index contributed by atoms with van der Waals surface area (Å²) in [5.74, 6) is 1.87. The van der Waals surface area contributed by atoms with Gasteiger partial charge in [0.2, 0.25) is 0 Å². The van der Waals surface area contributed by atoms with Crippen LogP contribution in [-0.2, 0) is 19.7 Å². The molecule has 0 saturated heterocycles. The SMILES string of the molecule is COc1cc(CNCC(C)Cn2ccnc2)ccc1OCc1ccc(Cl)cc1Cl. The van der Waals surface area contributed by atoms with E-state index in [0.29, 0.717) is 34.1 Å². The van der Waals surface area contributed by atoms with Crippen molar-refractivity contribution in [3.8, 4) is 11.5 Å². The van der Waals surface area contributed by atoms with Gasteiger partial charge in [-0.3, -0.25) is 0 Å². The van der Waals surface area contributed by atoms with Gasteiger partial charge in [-0.1, -0.05) is 42.3 Å². The number of methoxy groups -OCH3 is 1. The number of hydrogen-bond donors (Lipinski definition) is 1. The number of nitrogens with one attached hydrogen (secondary N) is 1. The summed E-state index contributed by atoms with van der Waals surface area (Å²) in [7, 11) is 1.64. The lowest BCUT2D eigenvalue weighted by molar-refractivity contribution is 0.284. The summed E-state index contributed by atoms with van der Waals surface area (Å²) in [6.45, 7) is 5.17. The van der Waals surface area contributed by atoms with Gasteiger partial charge in [0.25, 0.3) is 0 Å². The highest BCUT2D eigenvalue weighted by molar-refractivity contribution is 6.35. The smallest absolute Gasteiger partial charge is 0.161 e. The maximum atomic E-state index is 6.21. The molecule has 1 aromatic heterocycles. The second-order valence-electron chi connectivity index (χ2n) is 7.01. The average molecular weight is 434 g/mol. The zero-order chi connectivity index (χ0) is 20.6. The first kappa shape index (κ1) is 21.5. The molecule has 2 aromatic carbocycles. The summed E-state index contributed by atoms with van der Waals surface area (Å²) in [6, 6.07) is 11.3. The predicted molar refractivity (Wildman–Crippen MR) is 117 cm³/mol. The van der Waals surface area contributed by atoms with Crippen LogP contribution in [0.4, 0.5) is 0 Å². The molecule has 1 atom stereocenters. The van der Waals surface area contributed by atoms with E-state index in [1.807, 2.05) is 36.8 Å². The predicted octanol–water partition coefficient (Wildman–Crippen LogP) is 5.20. The molecule has 0 saturated carbocycles. The zero-order valence-electron chi connectivity index (χ0n) is 16.6. The lowest BCUT2D eigenvalue weighted by Gasteiger charge is -2.15. The van der Waals surface area contributed by atoms with E-state index in [9.17, 15) is 0 Å². The van der Waals surface area contributed by atoms with Crippen LogP contribution in [0.3, 0.4) is 0 Å². The first-order valence-corrected chi connectivity index (χ1v) is 10.2. The number of imidazole rings is 1. The van der Waals surface area contributed by atoms with Crippen LogP contribution in [0, 0.1) is 5.92 Å². The van der Waals surface area contributed by atoms with Crippen molar-refractivity contribution >= 4 is 23.2 Å². The van der Waals surface area contributed by atoms with Crippen molar-refractivity contribution in [3.05, 3.63) is 76.3 Å². The highest BCUT2D eigenvalue weighted by atomic mass is 35.5. The fourth-order valence-corrected chi connectivity index (χ4v) is 3.48. The van der Waals surface area contributed by atoms with Crippen LogP contribution >= 0.6 is 23.2 Å². The molecule has 7 heteroatoms. The molecule has 29 heavy (non-hydrogen) atoms. The first-order valence-electron chi connectivity index (χ1n) is 9.45. The maximum Gasteiger partial charge on any atom is 0.161 e. The second-order valence-corrected chi connectivity index (χ2v) is 7.85. The summed E-state index contributed by atoms with van der Waals surface area (Å²) in [5.41, 5.74) is 2.00. The molecule has 3 aromatic rings. The zero-order valence-corrected chi connectivity index (χ0v) is 18.1. The van der Waals surface area contributed by atoms with E-state index in [2.05, 4.69) is 21.8 Å². The van der Waals surface area contributed by atoms with Crippen molar-refractivity contribution in [3.63, 3.8) is 0 Å². The molecule has 0 fully saturated rings. The Morgan fingerprint density at radius 2 is 2.00 bits per heavy atom. The van der Waals surface area contributed by atoms with Gasteiger partial charge in [-0.05, 0) is 42.3 Å². The third-order valence-electron chi connectivity index (χ3n) is 4.53. The van der Waals surface area contributed by atoms with Crippen LogP contribution in [0.25, 0.3) is 0 Å². The summed E-state index contributed by atoms with van der Waals surface area (Å²) >= 11 is 12.2.